The Bertz CT molecular complexity index is 458. The van der Waals surface area contributed by atoms with E-state index in [2.05, 4.69) is 44.3 Å². The Morgan fingerprint density at radius 1 is 1.32 bits per heavy atom. The van der Waals surface area contributed by atoms with E-state index in [-0.39, 0.29) is 17.0 Å². The number of rotatable bonds is 4. The Morgan fingerprint density at radius 3 is 2.37 bits per heavy atom. The minimum atomic E-state index is -0.113. The molecule has 1 saturated carbocycles. The molecule has 3 N–H and O–H groups in total. The zero-order valence-electron chi connectivity index (χ0n) is 12.7. The van der Waals surface area contributed by atoms with Gasteiger partial charge in [-0.05, 0) is 43.0 Å². The van der Waals surface area contributed by atoms with Gasteiger partial charge in [0.2, 0.25) is 0 Å². The molecule has 0 saturated heterocycles. The van der Waals surface area contributed by atoms with Crippen LogP contribution in [0.5, 0.6) is 5.75 Å². The van der Waals surface area contributed by atoms with Crippen molar-refractivity contribution in [3.63, 3.8) is 0 Å². The van der Waals surface area contributed by atoms with Crippen LogP contribution in [0.3, 0.4) is 0 Å². The van der Waals surface area contributed by atoms with Gasteiger partial charge in [0.15, 0.2) is 0 Å². The maximum Gasteiger partial charge on any atom is 0.123 e. The molecule has 0 heterocycles. The maximum absolute atomic E-state index is 6.40. The maximum atomic E-state index is 6.40. The fraction of sp³-hybridized carbons (Fsp3) is 0.625. The number of nitrogens with two attached hydrogens (primary N) is 1. The predicted molar refractivity (Wildman–Crippen MR) is 79.6 cm³/mol. The molecule has 0 spiro atoms. The van der Waals surface area contributed by atoms with Crippen LogP contribution in [-0.4, -0.2) is 19.7 Å². The van der Waals surface area contributed by atoms with Crippen molar-refractivity contribution >= 4 is 0 Å². The SMILES string of the molecule is CNC(c1cc(C(C)(C)C)ccc1OC)C1(N)CC1. The number of hydrogen-bond donors (Lipinski definition) is 2. The van der Waals surface area contributed by atoms with Gasteiger partial charge in [0.25, 0.3) is 0 Å². The number of benzene rings is 1. The molecule has 1 aliphatic carbocycles. The third kappa shape index (κ3) is 2.77. The van der Waals surface area contributed by atoms with Crippen LogP contribution in [0.4, 0.5) is 0 Å². The summed E-state index contributed by atoms with van der Waals surface area (Å²) in [5.41, 5.74) is 8.91. The molecule has 0 radical (unpaired) electrons. The van der Waals surface area contributed by atoms with Gasteiger partial charge >= 0.3 is 0 Å². The number of nitrogens with one attached hydrogen (secondary N) is 1. The first-order chi connectivity index (χ1) is 8.81. The summed E-state index contributed by atoms with van der Waals surface area (Å²) in [6, 6.07) is 6.61. The van der Waals surface area contributed by atoms with Crippen molar-refractivity contribution in [1.82, 2.24) is 5.32 Å². The van der Waals surface area contributed by atoms with Crippen LogP contribution >= 0.6 is 0 Å². The average Bonchev–Trinajstić information content (AvgIpc) is 3.07. The van der Waals surface area contributed by atoms with Crippen molar-refractivity contribution in [3.8, 4) is 5.75 Å². The van der Waals surface area contributed by atoms with Gasteiger partial charge in [-0.15, -0.1) is 0 Å². The van der Waals surface area contributed by atoms with Crippen LogP contribution in [0.25, 0.3) is 0 Å². The van der Waals surface area contributed by atoms with Gasteiger partial charge in [-0.1, -0.05) is 26.8 Å². The van der Waals surface area contributed by atoms with Gasteiger partial charge in [0, 0.05) is 11.1 Å². The van der Waals surface area contributed by atoms with Crippen molar-refractivity contribution in [3.05, 3.63) is 29.3 Å². The van der Waals surface area contributed by atoms with E-state index in [1.165, 1.54) is 11.1 Å². The fourth-order valence-corrected chi connectivity index (χ4v) is 2.61. The molecule has 0 aromatic heterocycles. The van der Waals surface area contributed by atoms with Gasteiger partial charge in [-0.25, -0.2) is 0 Å². The Kier molecular flexibility index (Phi) is 3.63. The Morgan fingerprint density at radius 2 is 1.95 bits per heavy atom. The smallest absolute Gasteiger partial charge is 0.123 e. The number of methoxy groups -OCH3 is 1. The lowest BCUT2D eigenvalue weighted by Crippen LogP contribution is -2.38. The normalized spacial score (nSPS) is 19.1. The van der Waals surface area contributed by atoms with Crippen LogP contribution < -0.4 is 15.8 Å². The molecule has 2 rings (SSSR count). The standard InChI is InChI=1S/C16H26N2O/c1-15(2,3)11-6-7-13(19-5)12(10-11)14(18-4)16(17)8-9-16/h6-7,10,14,18H,8-9,17H2,1-5H3. The van der Waals surface area contributed by atoms with E-state index in [1.807, 2.05) is 7.05 Å². The van der Waals surface area contributed by atoms with E-state index in [0.29, 0.717) is 0 Å². The minimum absolute atomic E-state index is 0.113. The highest BCUT2D eigenvalue weighted by molar-refractivity contribution is 5.44. The molecule has 1 fully saturated rings. The molecule has 19 heavy (non-hydrogen) atoms. The van der Waals surface area contributed by atoms with E-state index < -0.39 is 0 Å². The minimum Gasteiger partial charge on any atom is -0.496 e. The van der Waals surface area contributed by atoms with E-state index in [9.17, 15) is 0 Å². The van der Waals surface area contributed by atoms with Crippen molar-refractivity contribution in [1.29, 1.82) is 0 Å². The third-order valence-corrected chi connectivity index (χ3v) is 4.10. The molecule has 106 valence electrons. The molecule has 1 aromatic rings. The molecule has 1 unspecified atom stereocenters. The Labute approximate surface area is 116 Å². The molecule has 1 aromatic carbocycles. The summed E-state index contributed by atoms with van der Waals surface area (Å²) < 4.78 is 5.52. The monoisotopic (exact) mass is 262 g/mol. The Balaban J connectivity index is 2.46. The predicted octanol–water partition coefficient (Wildman–Crippen LogP) is 2.74. The van der Waals surface area contributed by atoms with Crippen molar-refractivity contribution in [2.75, 3.05) is 14.2 Å². The Hall–Kier alpha value is -1.06. The molecule has 1 aliphatic rings. The molecular formula is C16H26N2O. The summed E-state index contributed by atoms with van der Waals surface area (Å²) in [4.78, 5) is 0. The van der Waals surface area contributed by atoms with Crippen LogP contribution in [-0.2, 0) is 5.41 Å². The largest absolute Gasteiger partial charge is 0.496 e. The van der Waals surface area contributed by atoms with E-state index in [4.69, 9.17) is 10.5 Å². The average molecular weight is 262 g/mol. The first-order valence-electron chi connectivity index (χ1n) is 6.96. The van der Waals surface area contributed by atoms with Gasteiger partial charge in [0.1, 0.15) is 5.75 Å². The lowest BCUT2D eigenvalue weighted by molar-refractivity contribution is 0.385. The zero-order valence-corrected chi connectivity index (χ0v) is 12.7. The van der Waals surface area contributed by atoms with Crippen LogP contribution in [0, 0.1) is 0 Å². The fourth-order valence-electron chi connectivity index (χ4n) is 2.61. The zero-order chi connectivity index (χ0) is 14.3. The first-order valence-corrected chi connectivity index (χ1v) is 6.96. The van der Waals surface area contributed by atoms with E-state index >= 15 is 0 Å². The second kappa shape index (κ2) is 4.80. The van der Waals surface area contributed by atoms with Crippen molar-refractivity contribution in [2.45, 2.75) is 50.6 Å². The third-order valence-electron chi connectivity index (χ3n) is 4.10. The highest BCUT2D eigenvalue weighted by atomic mass is 16.5. The van der Waals surface area contributed by atoms with Crippen LogP contribution in [0.15, 0.2) is 18.2 Å². The molecular weight excluding hydrogens is 236 g/mol. The summed E-state index contributed by atoms with van der Waals surface area (Å²) >= 11 is 0. The highest BCUT2D eigenvalue weighted by Gasteiger charge is 2.46. The van der Waals surface area contributed by atoms with Crippen LogP contribution in [0.2, 0.25) is 0 Å². The van der Waals surface area contributed by atoms with Gasteiger partial charge < -0.3 is 15.8 Å². The lowest BCUT2D eigenvalue weighted by Gasteiger charge is -2.28. The molecule has 0 amide bonds. The second-order valence-corrected chi connectivity index (χ2v) is 6.66. The summed E-state index contributed by atoms with van der Waals surface area (Å²) in [5, 5.41) is 3.37. The van der Waals surface area contributed by atoms with Gasteiger partial charge in [-0.2, -0.15) is 0 Å². The summed E-state index contributed by atoms with van der Waals surface area (Å²) in [6.07, 6.45) is 2.14. The van der Waals surface area contributed by atoms with Gasteiger partial charge in [0.05, 0.1) is 13.2 Å². The summed E-state index contributed by atoms with van der Waals surface area (Å²) in [5.74, 6) is 0.920. The molecule has 0 aliphatic heterocycles. The van der Waals surface area contributed by atoms with E-state index in [0.717, 1.165) is 18.6 Å². The number of hydrogen-bond acceptors (Lipinski definition) is 3. The highest BCUT2D eigenvalue weighted by Crippen LogP contribution is 2.46. The van der Waals surface area contributed by atoms with E-state index in [1.54, 1.807) is 7.11 Å². The van der Waals surface area contributed by atoms with Gasteiger partial charge in [-0.3, -0.25) is 0 Å². The number of likely N-dealkylation sites (N-methyl/N-ethyl adjacent to an activating group) is 1. The molecule has 1 atom stereocenters. The summed E-state index contributed by atoms with van der Waals surface area (Å²) in [7, 11) is 3.69. The lowest BCUT2D eigenvalue weighted by atomic mass is 9.84. The first kappa shape index (κ1) is 14.4. The van der Waals surface area contributed by atoms with Crippen LogP contribution in [0.1, 0.15) is 50.8 Å². The molecule has 3 heteroatoms. The topological polar surface area (TPSA) is 47.3 Å². The quantitative estimate of drug-likeness (QED) is 0.877. The van der Waals surface area contributed by atoms with Crippen molar-refractivity contribution in [2.24, 2.45) is 5.73 Å². The number of ether oxygens (including phenoxy) is 1. The summed E-state index contributed by atoms with van der Waals surface area (Å²) in [6.45, 7) is 6.67. The second-order valence-electron chi connectivity index (χ2n) is 6.66. The van der Waals surface area contributed by atoms with Crippen molar-refractivity contribution < 1.29 is 4.74 Å². The molecule has 0 bridgehead atoms. The molecule has 3 nitrogen and oxygen atoms in total.